The standard InChI is InChI=1S/C28H13F3N4O2S/c1-14-6-4-7-15-17(14)10-19-24(15)27(22(13-33)35-3)20-11-18-16(25(20)26(19)21(12-32)34-2)8-5-9-23(18)38(36,37)28(29,30)31/h4-9H,10-11H2,1H3/b26-21+,27-22-. The number of halogens is 3. The van der Waals surface area contributed by atoms with Gasteiger partial charge in [0, 0.05) is 10.4 Å². The van der Waals surface area contributed by atoms with Crippen molar-refractivity contribution in [1.29, 1.82) is 10.5 Å². The summed E-state index contributed by atoms with van der Waals surface area (Å²) in [5, 5.41) is 20.1. The van der Waals surface area contributed by atoms with E-state index in [1.807, 2.05) is 25.1 Å². The molecule has 3 aromatic carbocycles. The maximum absolute atomic E-state index is 13.6. The van der Waals surface area contributed by atoms with Crippen molar-refractivity contribution in [1.82, 2.24) is 0 Å². The summed E-state index contributed by atoms with van der Waals surface area (Å²) >= 11 is 0. The molecule has 0 heterocycles. The number of hydrogen-bond donors (Lipinski definition) is 0. The molecular weight excluding hydrogens is 513 g/mol. The van der Waals surface area contributed by atoms with Gasteiger partial charge in [0.2, 0.25) is 0 Å². The summed E-state index contributed by atoms with van der Waals surface area (Å²) < 4.78 is 65.7. The van der Waals surface area contributed by atoms with E-state index in [-0.39, 0.29) is 56.9 Å². The second-order valence-corrected chi connectivity index (χ2v) is 10.7. The molecule has 6 nitrogen and oxygen atoms in total. The van der Waals surface area contributed by atoms with E-state index in [4.69, 9.17) is 13.1 Å². The third kappa shape index (κ3) is 3.18. The minimum atomic E-state index is -5.74. The molecule has 0 spiro atoms. The van der Waals surface area contributed by atoms with Crippen molar-refractivity contribution in [2.24, 2.45) is 0 Å². The molecule has 0 saturated carbocycles. The Kier molecular flexibility index (Phi) is 5.42. The van der Waals surface area contributed by atoms with Gasteiger partial charge in [0.25, 0.3) is 21.2 Å². The van der Waals surface area contributed by atoms with Crippen molar-refractivity contribution in [2.45, 2.75) is 30.2 Å². The molecule has 0 atom stereocenters. The number of alkyl halides is 3. The Morgan fingerprint density at radius 3 is 1.79 bits per heavy atom. The van der Waals surface area contributed by atoms with E-state index >= 15 is 0 Å². The van der Waals surface area contributed by atoms with Gasteiger partial charge in [0.1, 0.15) is 0 Å². The van der Waals surface area contributed by atoms with E-state index in [1.54, 1.807) is 12.1 Å². The smallest absolute Gasteiger partial charge is 0.226 e. The highest BCUT2D eigenvalue weighted by atomic mass is 32.2. The van der Waals surface area contributed by atoms with Gasteiger partial charge in [-0.1, -0.05) is 30.3 Å². The minimum Gasteiger partial charge on any atom is -0.226 e. The van der Waals surface area contributed by atoms with E-state index in [9.17, 15) is 32.1 Å². The minimum absolute atomic E-state index is 0.121. The molecule has 10 heteroatoms. The van der Waals surface area contributed by atoms with Crippen molar-refractivity contribution in [3.8, 4) is 34.4 Å². The summed E-state index contributed by atoms with van der Waals surface area (Å²) in [5.74, 6) is 0. The Labute approximate surface area is 215 Å². The van der Waals surface area contributed by atoms with E-state index in [2.05, 4.69) is 9.69 Å². The van der Waals surface area contributed by atoms with E-state index in [1.165, 1.54) is 12.1 Å². The average molecular weight is 526 g/mol. The van der Waals surface area contributed by atoms with E-state index in [0.717, 1.165) is 17.2 Å². The number of nitrogens with zero attached hydrogens (tertiary/aromatic N) is 4. The summed E-state index contributed by atoms with van der Waals surface area (Å²) in [4.78, 5) is 5.84. The van der Waals surface area contributed by atoms with Gasteiger partial charge >= 0.3 is 5.51 Å². The van der Waals surface area contributed by atoms with Crippen LogP contribution >= 0.6 is 0 Å². The molecule has 0 unspecified atom stereocenters. The van der Waals surface area contributed by atoms with Crippen LogP contribution in [0.3, 0.4) is 0 Å². The van der Waals surface area contributed by atoms with Crippen LogP contribution in [-0.4, -0.2) is 13.9 Å². The van der Waals surface area contributed by atoms with Crippen molar-refractivity contribution in [3.63, 3.8) is 0 Å². The van der Waals surface area contributed by atoms with Crippen LogP contribution in [-0.2, 0) is 22.7 Å². The van der Waals surface area contributed by atoms with Crippen LogP contribution in [0.4, 0.5) is 13.2 Å². The second-order valence-electron chi connectivity index (χ2n) is 8.79. The van der Waals surface area contributed by atoms with Crippen LogP contribution in [0.25, 0.3) is 43.3 Å². The van der Waals surface area contributed by atoms with E-state index in [0.29, 0.717) is 16.7 Å². The third-order valence-corrected chi connectivity index (χ3v) is 8.57. The molecule has 0 aliphatic heterocycles. The molecule has 0 aromatic heterocycles. The zero-order valence-electron chi connectivity index (χ0n) is 19.5. The average Bonchev–Trinajstić information content (AvgIpc) is 3.45. The lowest BCUT2D eigenvalue weighted by Crippen LogP contribution is -2.25. The molecule has 38 heavy (non-hydrogen) atoms. The van der Waals surface area contributed by atoms with Gasteiger partial charge in [-0.05, 0) is 75.9 Å². The van der Waals surface area contributed by atoms with Gasteiger partial charge in [0.05, 0.1) is 30.2 Å². The first-order valence-corrected chi connectivity index (χ1v) is 12.5. The topological polar surface area (TPSA) is 90.4 Å². The molecular formula is C28H13F3N4O2S. The number of rotatable bonds is 1. The molecule has 0 fully saturated rings. The summed E-state index contributed by atoms with van der Waals surface area (Å²) in [6, 6.07) is 12.7. The maximum Gasteiger partial charge on any atom is 0.501 e. The number of hydrogen-bond acceptors (Lipinski definition) is 4. The van der Waals surface area contributed by atoms with Gasteiger partial charge in [-0.3, -0.25) is 0 Å². The molecule has 2 aliphatic rings. The van der Waals surface area contributed by atoms with Gasteiger partial charge < -0.3 is 0 Å². The normalized spacial score (nSPS) is 14.5. The Hall–Kier alpha value is -4.90. The monoisotopic (exact) mass is 526 g/mol. The van der Waals surface area contributed by atoms with Crippen LogP contribution < -0.4 is 10.4 Å². The molecule has 0 radical (unpaired) electrons. The summed E-state index contributed by atoms with van der Waals surface area (Å²) in [7, 11) is -5.74. The molecule has 184 valence electrons. The number of benzene rings is 3. The lowest BCUT2D eigenvalue weighted by Gasteiger charge is -2.13. The lowest BCUT2D eigenvalue weighted by molar-refractivity contribution is -0.0436. The molecule has 2 aliphatic carbocycles. The molecule has 0 bridgehead atoms. The van der Waals surface area contributed by atoms with Gasteiger partial charge in [-0.25, -0.2) is 28.6 Å². The van der Waals surface area contributed by atoms with Crippen molar-refractivity contribution in [2.75, 3.05) is 0 Å². The first-order valence-electron chi connectivity index (χ1n) is 11.1. The molecule has 3 aromatic rings. The van der Waals surface area contributed by atoms with Crippen LogP contribution in [0.15, 0.2) is 41.3 Å². The summed E-state index contributed by atoms with van der Waals surface area (Å²) in [5.41, 5.74) is -2.29. The van der Waals surface area contributed by atoms with Crippen molar-refractivity contribution < 1.29 is 21.6 Å². The van der Waals surface area contributed by atoms with Gasteiger partial charge in [-0.2, -0.15) is 13.2 Å². The van der Waals surface area contributed by atoms with Crippen molar-refractivity contribution >= 4 is 21.2 Å². The van der Waals surface area contributed by atoms with Crippen LogP contribution in [0.5, 0.6) is 0 Å². The third-order valence-electron chi connectivity index (χ3n) is 7.00. The highest BCUT2D eigenvalue weighted by Crippen LogP contribution is 2.44. The highest BCUT2D eigenvalue weighted by Gasteiger charge is 2.49. The Morgan fingerprint density at radius 1 is 0.842 bits per heavy atom. The van der Waals surface area contributed by atoms with Crippen molar-refractivity contribution in [3.05, 3.63) is 97.5 Å². The lowest BCUT2D eigenvalue weighted by atomic mass is 9.90. The van der Waals surface area contributed by atoms with E-state index < -0.39 is 20.2 Å². The predicted molar refractivity (Wildman–Crippen MR) is 131 cm³/mol. The Bertz CT molecular complexity index is 2000. The Morgan fingerprint density at radius 2 is 1.32 bits per heavy atom. The molecule has 0 saturated heterocycles. The predicted octanol–water partition coefficient (Wildman–Crippen LogP) is 4.53. The van der Waals surface area contributed by atoms with Gasteiger partial charge in [0.15, 0.2) is 0 Å². The SMILES string of the molecule is [C-]#[N+]/C(C#N)=c1/c2c(/c(=C(\C#N)[N+]#[C-])c3c1-c1cccc(C)c1C3)-c1cccc(S(=O)(=O)C(F)(F)F)c1C2. The maximum atomic E-state index is 13.6. The number of fused-ring (bicyclic) bond motifs is 6. The summed E-state index contributed by atoms with van der Waals surface area (Å²) in [6.07, 6.45) is -0.0649. The fourth-order valence-corrected chi connectivity index (χ4v) is 6.49. The zero-order chi connectivity index (χ0) is 27.6. The quantitative estimate of drug-likeness (QED) is 0.300. The van der Waals surface area contributed by atoms with Gasteiger partial charge in [-0.15, -0.1) is 0 Å². The highest BCUT2D eigenvalue weighted by molar-refractivity contribution is 7.92. The van der Waals surface area contributed by atoms with Crippen LogP contribution in [0.1, 0.15) is 27.8 Å². The number of sulfone groups is 1. The number of nitriles is 2. The molecule has 0 amide bonds. The summed E-state index contributed by atoms with van der Waals surface area (Å²) in [6.45, 7) is 17.2. The fraction of sp³-hybridized carbons (Fsp3) is 0.143. The largest absolute Gasteiger partial charge is 0.501 e. The zero-order valence-corrected chi connectivity index (χ0v) is 20.3. The fourth-order valence-electron chi connectivity index (χ4n) is 5.48. The Balaban J connectivity index is 2.08. The second kappa shape index (κ2) is 8.32. The first-order chi connectivity index (χ1) is 18.0. The molecule has 5 rings (SSSR count). The number of aryl methyl sites for hydroxylation is 1. The van der Waals surface area contributed by atoms with Crippen LogP contribution in [0.2, 0.25) is 0 Å². The van der Waals surface area contributed by atoms with Crippen LogP contribution in [0, 0.1) is 42.7 Å². The molecule has 0 N–H and O–H groups in total. The first kappa shape index (κ1) is 24.8.